The molecule has 1 aromatic carbocycles. The van der Waals surface area contributed by atoms with E-state index in [9.17, 15) is 0 Å². The summed E-state index contributed by atoms with van der Waals surface area (Å²) in [6.45, 7) is 0.670. The molecule has 2 nitrogen and oxygen atoms in total. The highest BCUT2D eigenvalue weighted by Crippen LogP contribution is 2.17. The van der Waals surface area contributed by atoms with Crippen LogP contribution < -0.4 is 5.32 Å². The topological polar surface area (TPSA) is 24.9 Å². The van der Waals surface area contributed by atoms with Crippen molar-refractivity contribution in [2.45, 2.75) is 6.54 Å². The number of anilines is 1. The number of hydrogen-bond acceptors (Lipinski definition) is 2. The summed E-state index contributed by atoms with van der Waals surface area (Å²) in [7, 11) is 0. The molecule has 0 aliphatic rings. The SMILES string of the molecule is Clc1ccc(NCc2ccncc2Cl)cc1. The molecule has 0 radical (unpaired) electrons. The third-order valence-electron chi connectivity index (χ3n) is 2.18. The molecule has 0 amide bonds. The standard InChI is InChI=1S/C12H10Cl2N2/c13-10-1-3-11(4-2-10)16-7-9-5-6-15-8-12(9)14/h1-6,8,16H,7H2. The Labute approximate surface area is 104 Å². The Kier molecular flexibility index (Phi) is 3.65. The summed E-state index contributed by atoms with van der Waals surface area (Å²) in [4.78, 5) is 3.93. The molecule has 0 bridgehead atoms. The first kappa shape index (κ1) is 11.2. The minimum Gasteiger partial charge on any atom is -0.381 e. The minimum absolute atomic E-state index is 0.670. The van der Waals surface area contributed by atoms with Gasteiger partial charge in [0.1, 0.15) is 0 Å². The van der Waals surface area contributed by atoms with Crippen LogP contribution in [-0.2, 0) is 6.54 Å². The Morgan fingerprint density at radius 2 is 1.81 bits per heavy atom. The van der Waals surface area contributed by atoms with Crippen LogP contribution in [0.1, 0.15) is 5.56 Å². The van der Waals surface area contributed by atoms with Gasteiger partial charge in [-0.05, 0) is 35.9 Å². The number of halogens is 2. The molecule has 1 aromatic heterocycles. The molecule has 4 heteroatoms. The third kappa shape index (κ3) is 2.87. The molecule has 0 aliphatic carbocycles. The van der Waals surface area contributed by atoms with E-state index in [-0.39, 0.29) is 0 Å². The van der Waals surface area contributed by atoms with Gasteiger partial charge in [0.05, 0.1) is 5.02 Å². The van der Waals surface area contributed by atoms with E-state index in [0.29, 0.717) is 11.6 Å². The molecular weight excluding hydrogens is 243 g/mol. The molecular formula is C12H10Cl2N2. The molecule has 1 N–H and O–H groups in total. The fourth-order valence-electron chi connectivity index (χ4n) is 1.31. The molecule has 0 saturated carbocycles. The van der Waals surface area contributed by atoms with Gasteiger partial charge in [-0.1, -0.05) is 23.2 Å². The van der Waals surface area contributed by atoms with Gasteiger partial charge in [0.15, 0.2) is 0 Å². The number of nitrogens with zero attached hydrogens (tertiary/aromatic N) is 1. The van der Waals surface area contributed by atoms with Gasteiger partial charge in [-0.25, -0.2) is 0 Å². The lowest BCUT2D eigenvalue weighted by Gasteiger charge is -2.07. The Morgan fingerprint density at radius 1 is 1.06 bits per heavy atom. The maximum absolute atomic E-state index is 5.99. The molecule has 0 atom stereocenters. The maximum Gasteiger partial charge on any atom is 0.0639 e. The predicted molar refractivity (Wildman–Crippen MR) is 68.0 cm³/mol. The lowest BCUT2D eigenvalue weighted by Crippen LogP contribution is -1.99. The smallest absolute Gasteiger partial charge is 0.0639 e. The third-order valence-corrected chi connectivity index (χ3v) is 2.78. The van der Waals surface area contributed by atoms with Gasteiger partial charge < -0.3 is 5.32 Å². The van der Waals surface area contributed by atoms with Crippen molar-refractivity contribution in [3.8, 4) is 0 Å². The molecule has 16 heavy (non-hydrogen) atoms. The number of aromatic nitrogens is 1. The van der Waals surface area contributed by atoms with Crippen LogP contribution in [0.15, 0.2) is 42.7 Å². The molecule has 82 valence electrons. The van der Waals surface area contributed by atoms with Crippen LogP contribution in [0.4, 0.5) is 5.69 Å². The van der Waals surface area contributed by atoms with Crippen molar-refractivity contribution < 1.29 is 0 Å². The van der Waals surface area contributed by atoms with Gasteiger partial charge in [0, 0.05) is 29.6 Å². The van der Waals surface area contributed by atoms with Crippen LogP contribution in [0, 0.1) is 0 Å². The van der Waals surface area contributed by atoms with E-state index in [1.807, 2.05) is 30.3 Å². The van der Waals surface area contributed by atoms with Gasteiger partial charge in [-0.15, -0.1) is 0 Å². The summed E-state index contributed by atoms with van der Waals surface area (Å²) < 4.78 is 0. The zero-order chi connectivity index (χ0) is 11.4. The van der Waals surface area contributed by atoms with Crippen molar-refractivity contribution >= 4 is 28.9 Å². The Hall–Kier alpha value is -1.25. The zero-order valence-corrected chi connectivity index (χ0v) is 9.96. The van der Waals surface area contributed by atoms with E-state index < -0.39 is 0 Å². The molecule has 0 saturated heterocycles. The van der Waals surface area contributed by atoms with Gasteiger partial charge in [-0.2, -0.15) is 0 Å². The zero-order valence-electron chi connectivity index (χ0n) is 8.45. The number of benzene rings is 1. The van der Waals surface area contributed by atoms with E-state index >= 15 is 0 Å². The van der Waals surface area contributed by atoms with Crippen LogP contribution in [0.5, 0.6) is 0 Å². The van der Waals surface area contributed by atoms with Gasteiger partial charge >= 0.3 is 0 Å². The molecule has 2 rings (SSSR count). The van der Waals surface area contributed by atoms with Crippen molar-refractivity contribution in [3.63, 3.8) is 0 Å². The monoisotopic (exact) mass is 252 g/mol. The molecule has 0 unspecified atom stereocenters. The van der Waals surface area contributed by atoms with Gasteiger partial charge in [0.25, 0.3) is 0 Å². The maximum atomic E-state index is 5.99. The first-order valence-electron chi connectivity index (χ1n) is 4.83. The molecule has 1 heterocycles. The summed E-state index contributed by atoms with van der Waals surface area (Å²) in [5.41, 5.74) is 2.03. The van der Waals surface area contributed by atoms with Crippen LogP contribution in [0.25, 0.3) is 0 Å². The summed E-state index contributed by atoms with van der Waals surface area (Å²) in [6, 6.07) is 9.44. The quantitative estimate of drug-likeness (QED) is 0.894. The lowest BCUT2D eigenvalue weighted by atomic mass is 10.2. The van der Waals surface area contributed by atoms with Crippen LogP contribution in [-0.4, -0.2) is 4.98 Å². The normalized spacial score (nSPS) is 10.1. The summed E-state index contributed by atoms with van der Waals surface area (Å²) >= 11 is 11.8. The molecule has 0 fully saturated rings. The Bertz CT molecular complexity index is 469. The second-order valence-corrected chi connectivity index (χ2v) is 4.17. The number of nitrogens with one attached hydrogen (secondary N) is 1. The highest BCUT2D eigenvalue weighted by molar-refractivity contribution is 6.31. The summed E-state index contributed by atoms with van der Waals surface area (Å²) in [5, 5.41) is 4.66. The van der Waals surface area contributed by atoms with E-state index in [1.54, 1.807) is 12.4 Å². The Morgan fingerprint density at radius 3 is 2.50 bits per heavy atom. The number of pyridine rings is 1. The van der Waals surface area contributed by atoms with Crippen molar-refractivity contribution in [1.29, 1.82) is 0 Å². The van der Waals surface area contributed by atoms with Gasteiger partial charge in [0.2, 0.25) is 0 Å². The van der Waals surface area contributed by atoms with Crippen LogP contribution in [0.2, 0.25) is 10.0 Å². The summed E-state index contributed by atoms with van der Waals surface area (Å²) in [5.74, 6) is 0. The second-order valence-electron chi connectivity index (χ2n) is 3.33. The molecule has 0 spiro atoms. The van der Waals surface area contributed by atoms with Crippen molar-refractivity contribution in [2.24, 2.45) is 0 Å². The van der Waals surface area contributed by atoms with Crippen LogP contribution in [0.3, 0.4) is 0 Å². The van der Waals surface area contributed by atoms with E-state index in [0.717, 1.165) is 16.3 Å². The average Bonchev–Trinajstić information content (AvgIpc) is 2.30. The first-order valence-corrected chi connectivity index (χ1v) is 5.59. The van der Waals surface area contributed by atoms with Crippen LogP contribution >= 0.6 is 23.2 Å². The highest BCUT2D eigenvalue weighted by Gasteiger charge is 1.99. The largest absolute Gasteiger partial charge is 0.381 e. The van der Waals surface area contributed by atoms with E-state index in [4.69, 9.17) is 23.2 Å². The van der Waals surface area contributed by atoms with E-state index in [1.165, 1.54) is 0 Å². The first-order chi connectivity index (χ1) is 7.75. The molecule has 0 aliphatic heterocycles. The average molecular weight is 253 g/mol. The number of rotatable bonds is 3. The van der Waals surface area contributed by atoms with E-state index in [2.05, 4.69) is 10.3 Å². The Balaban J connectivity index is 2.02. The van der Waals surface area contributed by atoms with Crippen molar-refractivity contribution in [3.05, 3.63) is 58.3 Å². The fourth-order valence-corrected chi connectivity index (χ4v) is 1.62. The molecule has 2 aromatic rings. The number of hydrogen-bond donors (Lipinski definition) is 1. The predicted octanol–water partition coefficient (Wildman–Crippen LogP) is 4.00. The fraction of sp³-hybridized carbons (Fsp3) is 0.0833. The lowest BCUT2D eigenvalue weighted by molar-refractivity contribution is 1.13. The minimum atomic E-state index is 0.670. The van der Waals surface area contributed by atoms with Gasteiger partial charge in [-0.3, -0.25) is 4.98 Å². The van der Waals surface area contributed by atoms with Crippen molar-refractivity contribution in [2.75, 3.05) is 5.32 Å². The summed E-state index contributed by atoms with van der Waals surface area (Å²) in [6.07, 6.45) is 3.37. The van der Waals surface area contributed by atoms with Crippen molar-refractivity contribution in [1.82, 2.24) is 4.98 Å². The second kappa shape index (κ2) is 5.19. The highest BCUT2D eigenvalue weighted by atomic mass is 35.5.